The van der Waals surface area contributed by atoms with E-state index in [1.807, 2.05) is 30.5 Å². The van der Waals surface area contributed by atoms with Crippen LogP contribution in [0.25, 0.3) is 0 Å². The first-order valence-corrected chi connectivity index (χ1v) is 6.47. The van der Waals surface area contributed by atoms with Crippen LogP contribution >= 0.6 is 11.8 Å². The molecule has 0 fully saturated rings. The van der Waals surface area contributed by atoms with Gasteiger partial charge in [0.05, 0.1) is 6.61 Å². The van der Waals surface area contributed by atoms with Crippen molar-refractivity contribution in [2.75, 3.05) is 12.9 Å². The molecule has 0 aliphatic carbocycles. The van der Waals surface area contributed by atoms with Crippen molar-refractivity contribution in [3.63, 3.8) is 0 Å². The fourth-order valence-corrected chi connectivity index (χ4v) is 1.51. The fraction of sp³-hybridized carbons (Fsp3) is 0.214. The minimum atomic E-state index is -0.362. The molecule has 0 saturated carbocycles. The molecule has 3 heteroatoms. The second-order valence-corrected chi connectivity index (χ2v) is 3.96. The van der Waals surface area contributed by atoms with Crippen LogP contribution in [0.2, 0.25) is 0 Å². The molecule has 0 saturated heterocycles. The monoisotopic (exact) mass is 246 g/mol. The predicted molar refractivity (Wildman–Crippen MR) is 70.9 cm³/mol. The average molecular weight is 246 g/mol. The van der Waals surface area contributed by atoms with E-state index >= 15 is 0 Å². The standard InChI is InChI=1S/C14H14O2S/c1-3-16-14(15)7-5-4-6-12-8-10-13(17-2)11-9-12/h5,7-11H,3H2,1-2H3/b7-5+. The third-order valence-electron chi connectivity index (χ3n) is 1.90. The van der Waals surface area contributed by atoms with E-state index in [-0.39, 0.29) is 5.97 Å². The van der Waals surface area contributed by atoms with Crippen molar-refractivity contribution in [1.29, 1.82) is 0 Å². The van der Waals surface area contributed by atoms with Gasteiger partial charge in [0.15, 0.2) is 0 Å². The van der Waals surface area contributed by atoms with Crippen LogP contribution in [0.1, 0.15) is 12.5 Å². The second kappa shape index (κ2) is 7.59. The number of ether oxygens (including phenoxy) is 1. The van der Waals surface area contributed by atoms with Crippen LogP contribution in [0.15, 0.2) is 41.3 Å². The zero-order valence-electron chi connectivity index (χ0n) is 9.90. The molecule has 0 N–H and O–H groups in total. The number of hydrogen-bond donors (Lipinski definition) is 0. The van der Waals surface area contributed by atoms with Crippen LogP contribution in [-0.2, 0) is 9.53 Å². The molecule has 0 aliphatic rings. The molecule has 0 amide bonds. The molecule has 1 rings (SSSR count). The number of rotatable bonds is 3. The van der Waals surface area contributed by atoms with Gasteiger partial charge in [-0.15, -0.1) is 11.8 Å². The maximum absolute atomic E-state index is 11.0. The Labute approximate surface area is 106 Å². The van der Waals surface area contributed by atoms with Crippen molar-refractivity contribution in [2.24, 2.45) is 0 Å². The molecule has 2 nitrogen and oxygen atoms in total. The maximum atomic E-state index is 11.0. The van der Waals surface area contributed by atoms with Gasteiger partial charge in [0.25, 0.3) is 0 Å². The summed E-state index contributed by atoms with van der Waals surface area (Å²) < 4.78 is 4.73. The van der Waals surface area contributed by atoms with Crippen molar-refractivity contribution in [2.45, 2.75) is 11.8 Å². The van der Waals surface area contributed by atoms with Gasteiger partial charge in [-0.3, -0.25) is 0 Å². The van der Waals surface area contributed by atoms with Gasteiger partial charge >= 0.3 is 5.97 Å². The van der Waals surface area contributed by atoms with E-state index in [0.29, 0.717) is 6.61 Å². The number of thioether (sulfide) groups is 1. The molecule has 0 radical (unpaired) electrons. The Bertz CT molecular complexity index is 449. The Balaban J connectivity index is 2.56. The molecule has 0 aliphatic heterocycles. The van der Waals surface area contributed by atoms with Crippen molar-refractivity contribution < 1.29 is 9.53 Å². The number of hydrogen-bond acceptors (Lipinski definition) is 3. The van der Waals surface area contributed by atoms with E-state index in [2.05, 4.69) is 11.8 Å². The maximum Gasteiger partial charge on any atom is 0.331 e. The molecule has 0 aromatic heterocycles. The molecule has 0 atom stereocenters. The highest BCUT2D eigenvalue weighted by molar-refractivity contribution is 7.98. The largest absolute Gasteiger partial charge is 0.463 e. The molecular formula is C14H14O2S. The third kappa shape index (κ3) is 5.28. The number of benzene rings is 1. The van der Waals surface area contributed by atoms with Gasteiger partial charge in [0, 0.05) is 16.5 Å². The van der Waals surface area contributed by atoms with E-state index in [1.54, 1.807) is 18.7 Å². The molecule has 0 unspecified atom stereocenters. The lowest BCUT2D eigenvalue weighted by Crippen LogP contribution is -1.98. The van der Waals surface area contributed by atoms with Gasteiger partial charge in [-0.1, -0.05) is 11.8 Å². The predicted octanol–water partition coefficient (Wildman–Crippen LogP) is 2.88. The van der Waals surface area contributed by atoms with E-state index < -0.39 is 0 Å². The van der Waals surface area contributed by atoms with Crippen LogP contribution in [0.3, 0.4) is 0 Å². The van der Waals surface area contributed by atoms with E-state index in [0.717, 1.165) is 5.56 Å². The summed E-state index contributed by atoms with van der Waals surface area (Å²) in [5.74, 6) is 5.37. The molecule has 0 bridgehead atoms. The lowest BCUT2D eigenvalue weighted by molar-refractivity contribution is -0.137. The van der Waals surface area contributed by atoms with Crippen LogP contribution in [0, 0.1) is 11.8 Å². The first-order valence-electron chi connectivity index (χ1n) is 5.25. The summed E-state index contributed by atoms with van der Waals surface area (Å²) in [6.45, 7) is 2.15. The van der Waals surface area contributed by atoms with E-state index in [4.69, 9.17) is 4.74 Å². The second-order valence-electron chi connectivity index (χ2n) is 3.08. The topological polar surface area (TPSA) is 26.3 Å². The Morgan fingerprint density at radius 2 is 2.12 bits per heavy atom. The smallest absolute Gasteiger partial charge is 0.331 e. The van der Waals surface area contributed by atoms with Crippen molar-refractivity contribution in [3.8, 4) is 11.8 Å². The normalized spacial score (nSPS) is 9.76. The molecular weight excluding hydrogens is 232 g/mol. The summed E-state index contributed by atoms with van der Waals surface area (Å²) in [4.78, 5) is 12.2. The highest BCUT2D eigenvalue weighted by Gasteiger charge is 1.91. The molecule has 0 spiro atoms. The Morgan fingerprint density at radius 3 is 2.71 bits per heavy atom. The van der Waals surface area contributed by atoms with Gasteiger partial charge in [0.2, 0.25) is 0 Å². The third-order valence-corrected chi connectivity index (χ3v) is 2.64. The van der Waals surface area contributed by atoms with Crippen LogP contribution in [0.4, 0.5) is 0 Å². The minimum Gasteiger partial charge on any atom is -0.463 e. The lowest BCUT2D eigenvalue weighted by atomic mass is 10.2. The number of allylic oxidation sites excluding steroid dienone is 1. The molecule has 0 heterocycles. The fourth-order valence-electron chi connectivity index (χ4n) is 1.10. The summed E-state index contributed by atoms with van der Waals surface area (Å²) in [7, 11) is 0. The Morgan fingerprint density at radius 1 is 1.41 bits per heavy atom. The van der Waals surface area contributed by atoms with Crippen molar-refractivity contribution in [3.05, 3.63) is 42.0 Å². The first-order chi connectivity index (χ1) is 8.26. The number of esters is 1. The van der Waals surface area contributed by atoms with Gasteiger partial charge in [-0.05, 0) is 43.5 Å². The summed E-state index contributed by atoms with van der Waals surface area (Å²) >= 11 is 1.69. The van der Waals surface area contributed by atoms with Crippen LogP contribution in [0.5, 0.6) is 0 Å². The molecule has 88 valence electrons. The van der Waals surface area contributed by atoms with Crippen molar-refractivity contribution >= 4 is 17.7 Å². The zero-order valence-corrected chi connectivity index (χ0v) is 10.7. The Kier molecular flexibility index (Phi) is 5.98. The average Bonchev–Trinajstić information content (AvgIpc) is 2.36. The number of carbonyl (C=O) groups is 1. The van der Waals surface area contributed by atoms with E-state index in [1.165, 1.54) is 17.0 Å². The van der Waals surface area contributed by atoms with Crippen molar-refractivity contribution in [1.82, 2.24) is 0 Å². The van der Waals surface area contributed by atoms with Gasteiger partial charge in [0.1, 0.15) is 0 Å². The molecule has 1 aromatic rings. The quantitative estimate of drug-likeness (QED) is 0.355. The number of carbonyl (C=O) groups excluding carboxylic acids is 1. The van der Waals surface area contributed by atoms with Gasteiger partial charge in [-0.25, -0.2) is 4.79 Å². The summed E-state index contributed by atoms with van der Waals surface area (Å²) in [6, 6.07) is 7.95. The summed E-state index contributed by atoms with van der Waals surface area (Å²) in [5, 5.41) is 0. The van der Waals surface area contributed by atoms with Crippen LogP contribution < -0.4 is 0 Å². The summed E-state index contributed by atoms with van der Waals surface area (Å²) in [5.41, 5.74) is 0.927. The Hall–Kier alpha value is -1.66. The molecule has 17 heavy (non-hydrogen) atoms. The lowest BCUT2D eigenvalue weighted by Gasteiger charge is -1.94. The van der Waals surface area contributed by atoms with E-state index in [9.17, 15) is 4.79 Å². The summed E-state index contributed by atoms with van der Waals surface area (Å²) in [6.07, 6.45) is 4.86. The van der Waals surface area contributed by atoms with Gasteiger partial charge < -0.3 is 4.74 Å². The SMILES string of the molecule is CCOC(=O)/C=C/C#Cc1ccc(SC)cc1. The van der Waals surface area contributed by atoms with Gasteiger partial charge in [-0.2, -0.15) is 0 Å². The molecule has 1 aromatic carbocycles. The zero-order chi connectivity index (χ0) is 12.5. The highest BCUT2D eigenvalue weighted by atomic mass is 32.2. The van der Waals surface area contributed by atoms with Crippen LogP contribution in [-0.4, -0.2) is 18.8 Å². The first kappa shape index (κ1) is 13.4. The minimum absolute atomic E-state index is 0.362. The highest BCUT2D eigenvalue weighted by Crippen LogP contribution is 2.14.